The second kappa shape index (κ2) is 13.8. The summed E-state index contributed by atoms with van der Waals surface area (Å²) in [6.45, 7) is 8.15. The van der Waals surface area contributed by atoms with Gasteiger partial charge in [0.15, 0.2) is 17.5 Å². The molecular formula is C23H39N5O4. The van der Waals surface area contributed by atoms with E-state index in [0.29, 0.717) is 11.9 Å². The Kier molecular flexibility index (Phi) is 11.1. The number of benzene rings is 1. The Hall–Kier alpha value is -2.52. The molecule has 0 aromatic heterocycles. The van der Waals surface area contributed by atoms with E-state index in [4.69, 9.17) is 14.2 Å². The highest BCUT2D eigenvalue weighted by Crippen LogP contribution is 2.28. The van der Waals surface area contributed by atoms with Gasteiger partial charge in [0.1, 0.15) is 6.54 Å². The fourth-order valence-corrected chi connectivity index (χ4v) is 3.37. The Bertz CT molecular complexity index is 735. The van der Waals surface area contributed by atoms with Gasteiger partial charge < -0.3 is 29.7 Å². The average Bonchev–Trinajstić information content (AvgIpc) is 2.80. The van der Waals surface area contributed by atoms with Gasteiger partial charge in [0.05, 0.1) is 27.4 Å². The first-order chi connectivity index (χ1) is 15.4. The van der Waals surface area contributed by atoms with Gasteiger partial charge in [0, 0.05) is 46.8 Å². The summed E-state index contributed by atoms with van der Waals surface area (Å²) in [7, 11) is 6.76. The summed E-state index contributed by atoms with van der Waals surface area (Å²) in [6, 6.07) is 6.01. The van der Waals surface area contributed by atoms with Crippen LogP contribution in [-0.2, 0) is 16.0 Å². The lowest BCUT2D eigenvalue weighted by molar-refractivity contribution is -0.127. The number of carbonyl (C=O) groups is 1. The second-order valence-electron chi connectivity index (χ2n) is 8.21. The third-order valence-electron chi connectivity index (χ3n) is 5.35. The lowest BCUT2D eigenvalue weighted by Gasteiger charge is -2.27. The van der Waals surface area contributed by atoms with Crippen LogP contribution in [0.15, 0.2) is 23.2 Å². The van der Waals surface area contributed by atoms with E-state index in [0.717, 1.165) is 63.9 Å². The zero-order chi connectivity index (χ0) is 23.3. The third-order valence-corrected chi connectivity index (χ3v) is 5.35. The van der Waals surface area contributed by atoms with Gasteiger partial charge in [-0.05, 0) is 30.0 Å². The number of nitrogens with zero attached hydrogens (tertiary/aromatic N) is 3. The van der Waals surface area contributed by atoms with E-state index in [9.17, 15) is 4.79 Å². The molecular weight excluding hydrogens is 410 g/mol. The predicted molar refractivity (Wildman–Crippen MR) is 127 cm³/mol. The summed E-state index contributed by atoms with van der Waals surface area (Å²) in [6.07, 6.45) is 0.880. The van der Waals surface area contributed by atoms with E-state index in [-0.39, 0.29) is 12.5 Å². The fourth-order valence-electron chi connectivity index (χ4n) is 3.37. The molecule has 1 amide bonds. The number of ether oxygens (including phenoxy) is 3. The Balaban J connectivity index is 1.89. The van der Waals surface area contributed by atoms with Gasteiger partial charge in [0.25, 0.3) is 0 Å². The molecule has 2 N–H and O–H groups in total. The van der Waals surface area contributed by atoms with Gasteiger partial charge in [-0.1, -0.05) is 13.0 Å². The van der Waals surface area contributed by atoms with Crippen LogP contribution < -0.4 is 20.1 Å². The third kappa shape index (κ3) is 8.92. The van der Waals surface area contributed by atoms with Crippen LogP contribution >= 0.6 is 0 Å². The largest absolute Gasteiger partial charge is 0.493 e. The number of hydrogen-bond donors (Lipinski definition) is 2. The van der Waals surface area contributed by atoms with Gasteiger partial charge in [-0.3, -0.25) is 9.69 Å². The normalized spacial score (nSPS) is 15.7. The van der Waals surface area contributed by atoms with Crippen molar-refractivity contribution in [3.63, 3.8) is 0 Å². The lowest BCUT2D eigenvalue weighted by atomic mass is 10.0. The number of amides is 1. The summed E-state index contributed by atoms with van der Waals surface area (Å²) in [5.41, 5.74) is 1.18. The molecule has 32 heavy (non-hydrogen) atoms. The number of guanidine groups is 1. The van der Waals surface area contributed by atoms with E-state index in [1.807, 2.05) is 12.1 Å². The Morgan fingerprint density at radius 2 is 1.91 bits per heavy atom. The molecule has 1 aromatic rings. The minimum Gasteiger partial charge on any atom is -0.493 e. The number of likely N-dealkylation sites (N-methyl/N-ethyl adjacent to an activating group) is 1. The summed E-state index contributed by atoms with van der Waals surface area (Å²) in [4.78, 5) is 20.4. The van der Waals surface area contributed by atoms with Gasteiger partial charge in [0.2, 0.25) is 5.91 Å². The zero-order valence-electron chi connectivity index (χ0n) is 20.1. The molecule has 1 aliphatic rings. The van der Waals surface area contributed by atoms with Crippen molar-refractivity contribution >= 4 is 11.9 Å². The maximum atomic E-state index is 12.0. The topological polar surface area (TPSA) is 87.7 Å². The smallest absolute Gasteiger partial charge is 0.243 e. The molecule has 1 heterocycles. The lowest BCUT2D eigenvalue weighted by Crippen LogP contribution is -2.45. The van der Waals surface area contributed by atoms with Gasteiger partial charge in [-0.15, -0.1) is 0 Å². The van der Waals surface area contributed by atoms with Crippen molar-refractivity contribution in [2.45, 2.75) is 13.3 Å². The monoisotopic (exact) mass is 449 g/mol. The van der Waals surface area contributed by atoms with Crippen LogP contribution in [0, 0.1) is 5.92 Å². The first-order valence-electron chi connectivity index (χ1n) is 11.2. The number of methoxy groups -OCH3 is 2. The van der Waals surface area contributed by atoms with E-state index < -0.39 is 0 Å². The van der Waals surface area contributed by atoms with Crippen LogP contribution in [0.4, 0.5) is 0 Å². The molecule has 1 unspecified atom stereocenters. The summed E-state index contributed by atoms with van der Waals surface area (Å²) in [5.74, 6) is 2.44. The highest BCUT2D eigenvalue weighted by Gasteiger charge is 2.12. The molecule has 0 bridgehead atoms. The molecule has 1 aliphatic heterocycles. The van der Waals surface area contributed by atoms with Crippen molar-refractivity contribution in [1.82, 2.24) is 20.4 Å². The van der Waals surface area contributed by atoms with Gasteiger partial charge in [-0.25, -0.2) is 4.99 Å². The van der Waals surface area contributed by atoms with E-state index in [1.165, 1.54) is 5.56 Å². The van der Waals surface area contributed by atoms with Crippen LogP contribution in [0.1, 0.15) is 12.5 Å². The molecule has 0 spiro atoms. The standard InChI is InChI=1S/C23H39N5O4/c1-18(14-19-6-7-20(30-4)21(15-19)31-5)16-25-23(26-17-22(29)27(2)3)24-8-9-28-10-12-32-13-11-28/h6-7,15,18H,8-14,16-17H2,1-5H3,(H2,24,25,26). The minimum atomic E-state index is -0.0299. The SMILES string of the molecule is COc1ccc(CC(C)CNC(=NCC(=O)N(C)C)NCCN2CCOCC2)cc1OC. The second-order valence-corrected chi connectivity index (χ2v) is 8.21. The quantitative estimate of drug-likeness (QED) is 0.382. The van der Waals surface area contributed by atoms with Gasteiger partial charge in [-0.2, -0.15) is 0 Å². The van der Waals surface area contributed by atoms with Crippen molar-refractivity contribution < 1.29 is 19.0 Å². The number of hydrogen-bond acceptors (Lipinski definition) is 6. The number of morpholine rings is 1. The van der Waals surface area contributed by atoms with E-state index in [2.05, 4.69) is 33.5 Å². The summed E-state index contributed by atoms with van der Waals surface area (Å²) >= 11 is 0. The highest BCUT2D eigenvalue weighted by atomic mass is 16.5. The van der Waals surface area contributed by atoms with Gasteiger partial charge >= 0.3 is 0 Å². The molecule has 2 rings (SSSR count). The van der Waals surface area contributed by atoms with Crippen molar-refractivity contribution in [2.75, 3.05) is 80.8 Å². The van der Waals surface area contributed by atoms with Crippen molar-refractivity contribution in [1.29, 1.82) is 0 Å². The summed E-state index contributed by atoms with van der Waals surface area (Å²) in [5, 5.41) is 6.75. The number of nitrogens with one attached hydrogen (secondary N) is 2. The molecule has 9 nitrogen and oxygen atoms in total. The molecule has 0 aliphatic carbocycles. The number of rotatable bonds is 11. The van der Waals surface area contributed by atoms with Crippen molar-refractivity contribution in [3.05, 3.63) is 23.8 Å². The average molecular weight is 450 g/mol. The first-order valence-corrected chi connectivity index (χ1v) is 11.2. The fraction of sp³-hybridized carbons (Fsp3) is 0.652. The number of carbonyl (C=O) groups excluding carboxylic acids is 1. The van der Waals surface area contributed by atoms with Crippen LogP contribution in [0.3, 0.4) is 0 Å². The highest BCUT2D eigenvalue weighted by molar-refractivity contribution is 5.84. The molecule has 0 radical (unpaired) electrons. The molecule has 180 valence electrons. The van der Waals surface area contributed by atoms with Crippen molar-refractivity contribution in [3.8, 4) is 11.5 Å². The van der Waals surface area contributed by atoms with Crippen LogP contribution in [0.2, 0.25) is 0 Å². The Morgan fingerprint density at radius 1 is 1.19 bits per heavy atom. The first kappa shape index (κ1) is 25.7. The van der Waals surface area contributed by atoms with Crippen LogP contribution in [0.5, 0.6) is 11.5 Å². The molecule has 1 aromatic carbocycles. The number of aliphatic imine (C=N–C) groups is 1. The Morgan fingerprint density at radius 3 is 2.56 bits per heavy atom. The maximum Gasteiger partial charge on any atom is 0.243 e. The van der Waals surface area contributed by atoms with Crippen molar-refractivity contribution in [2.24, 2.45) is 10.9 Å². The molecule has 1 saturated heterocycles. The minimum absolute atomic E-state index is 0.0299. The zero-order valence-corrected chi connectivity index (χ0v) is 20.1. The van der Waals surface area contributed by atoms with Crippen LogP contribution in [-0.4, -0.2) is 102 Å². The van der Waals surface area contributed by atoms with E-state index in [1.54, 1.807) is 33.2 Å². The molecule has 0 saturated carbocycles. The predicted octanol–water partition coefficient (Wildman–Crippen LogP) is 0.838. The Labute approximate surface area is 192 Å². The molecule has 9 heteroatoms. The molecule has 1 fully saturated rings. The summed E-state index contributed by atoms with van der Waals surface area (Å²) < 4.78 is 16.1. The molecule has 1 atom stereocenters. The maximum absolute atomic E-state index is 12.0. The van der Waals surface area contributed by atoms with Crippen LogP contribution in [0.25, 0.3) is 0 Å². The van der Waals surface area contributed by atoms with E-state index >= 15 is 0 Å².